The predicted octanol–water partition coefficient (Wildman–Crippen LogP) is 2.05. The Kier molecular flexibility index (Phi) is 6.03. The van der Waals surface area contributed by atoms with Crippen LogP contribution in [-0.2, 0) is 9.59 Å². The monoisotopic (exact) mass is 382 g/mol. The molecular weight excluding hydrogens is 356 g/mol. The molecule has 1 aliphatic rings. The summed E-state index contributed by atoms with van der Waals surface area (Å²) in [6.07, 6.45) is 0. The van der Waals surface area contributed by atoms with Crippen molar-refractivity contribution in [1.29, 1.82) is 0 Å². The largest absolute Gasteiger partial charge is 0.495 e. The summed E-state index contributed by atoms with van der Waals surface area (Å²) in [5.74, 6) is -0.305. The van der Waals surface area contributed by atoms with E-state index in [4.69, 9.17) is 4.74 Å². The maximum absolute atomic E-state index is 12.5. The number of ether oxygens (including phenoxy) is 1. The summed E-state index contributed by atoms with van der Waals surface area (Å²) in [6.45, 7) is 2.28. The zero-order chi connectivity index (χ0) is 20.1. The Bertz CT molecular complexity index is 828. The third-order valence-corrected chi connectivity index (χ3v) is 4.83. The van der Waals surface area contributed by atoms with E-state index in [0.29, 0.717) is 31.9 Å². The first-order valence-corrected chi connectivity index (χ1v) is 9.25. The molecule has 1 aliphatic heterocycles. The number of carbonyl (C=O) groups excluding carboxylic acids is 2. The lowest BCUT2D eigenvalue weighted by Gasteiger charge is -2.36. The molecule has 1 N–H and O–H groups in total. The minimum Gasteiger partial charge on any atom is -0.495 e. The molecule has 7 heteroatoms. The van der Waals surface area contributed by atoms with Gasteiger partial charge in [0.2, 0.25) is 0 Å². The van der Waals surface area contributed by atoms with Crippen LogP contribution in [0.15, 0.2) is 48.5 Å². The Morgan fingerprint density at radius 3 is 2.21 bits per heavy atom. The number of hydrogen-bond acceptors (Lipinski definition) is 5. The highest BCUT2D eigenvalue weighted by Crippen LogP contribution is 2.28. The Morgan fingerprint density at radius 1 is 0.964 bits per heavy atom. The van der Waals surface area contributed by atoms with Gasteiger partial charge in [0, 0.05) is 51.6 Å². The molecular formula is C21H26N4O3. The van der Waals surface area contributed by atoms with Crippen molar-refractivity contribution in [1.82, 2.24) is 4.90 Å². The third kappa shape index (κ3) is 4.36. The fourth-order valence-corrected chi connectivity index (χ4v) is 3.21. The van der Waals surface area contributed by atoms with Gasteiger partial charge in [-0.25, -0.2) is 0 Å². The van der Waals surface area contributed by atoms with E-state index in [1.807, 2.05) is 55.4 Å². The van der Waals surface area contributed by atoms with Crippen molar-refractivity contribution < 1.29 is 14.3 Å². The number of para-hydroxylation sites is 2. The number of piperazine rings is 1. The topological polar surface area (TPSA) is 65.1 Å². The predicted molar refractivity (Wildman–Crippen MR) is 111 cm³/mol. The Morgan fingerprint density at radius 2 is 1.61 bits per heavy atom. The first kappa shape index (κ1) is 19.5. The van der Waals surface area contributed by atoms with Crippen LogP contribution in [0.5, 0.6) is 5.75 Å². The average molecular weight is 382 g/mol. The van der Waals surface area contributed by atoms with Crippen LogP contribution in [0.1, 0.15) is 0 Å². The van der Waals surface area contributed by atoms with Gasteiger partial charge in [-0.2, -0.15) is 0 Å². The van der Waals surface area contributed by atoms with Crippen molar-refractivity contribution in [2.45, 2.75) is 0 Å². The maximum Gasteiger partial charge on any atom is 0.313 e. The van der Waals surface area contributed by atoms with Gasteiger partial charge in [0.15, 0.2) is 0 Å². The highest BCUT2D eigenvalue weighted by Gasteiger charge is 2.27. The molecule has 0 spiro atoms. The fraction of sp³-hybridized carbons (Fsp3) is 0.333. The molecule has 1 saturated heterocycles. The van der Waals surface area contributed by atoms with Crippen LogP contribution in [0.2, 0.25) is 0 Å². The van der Waals surface area contributed by atoms with Crippen LogP contribution in [0, 0.1) is 0 Å². The quantitative estimate of drug-likeness (QED) is 0.820. The molecule has 3 rings (SSSR count). The number of nitrogens with zero attached hydrogens (tertiary/aromatic N) is 3. The SMILES string of the molecule is COc1ccccc1N1CCN(C(=O)C(=O)Nc2ccc(N(C)C)cc2)CC1. The van der Waals surface area contributed by atoms with Crippen molar-refractivity contribution >= 4 is 28.9 Å². The van der Waals surface area contributed by atoms with Crippen LogP contribution in [0.25, 0.3) is 0 Å². The zero-order valence-corrected chi connectivity index (χ0v) is 16.5. The normalized spacial score (nSPS) is 13.8. The van der Waals surface area contributed by atoms with E-state index in [1.54, 1.807) is 24.1 Å². The van der Waals surface area contributed by atoms with Gasteiger partial charge in [-0.15, -0.1) is 0 Å². The molecule has 0 aliphatic carbocycles. The standard InChI is InChI=1S/C21H26N4O3/c1-23(2)17-10-8-16(9-11-17)22-20(26)21(27)25-14-12-24(13-15-25)18-6-4-5-7-19(18)28-3/h4-11H,12-15H2,1-3H3,(H,22,26). The number of anilines is 3. The van der Waals surface area contributed by atoms with Crippen molar-refractivity contribution in [3.05, 3.63) is 48.5 Å². The molecule has 0 atom stereocenters. The molecule has 148 valence electrons. The lowest BCUT2D eigenvalue weighted by atomic mass is 10.2. The number of rotatable bonds is 4. The van der Waals surface area contributed by atoms with Gasteiger partial charge in [-0.05, 0) is 36.4 Å². The minimum atomic E-state index is -0.608. The van der Waals surface area contributed by atoms with E-state index in [-0.39, 0.29) is 0 Å². The molecule has 28 heavy (non-hydrogen) atoms. The van der Waals surface area contributed by atoms with E-state index in [9.17, 15) is 9.59 Å². The highest BCUT2D eigenvalue weighted by molar-refractivity contribution is 6.39. The smallest absolute Gasteiger partial charge is 0.313 e. The van der Waals surface area contributed by atoms with Crippen LogP contribution in [-0.4, -0.2) is 64.1 Å². The molecule has 2 amide bonds. The molecule has 0 unspecified atom stereocenters. The van der Waals surface area contributed by atoms with Crippen LogP contribution < -0.4 is 19.9 Å². The lowest BCUT2D eigenvalue weighted by molar-refractivity contribution is -0.143. The zero-order valence-electron chi connectivity index (χ0n) is 16.5. The second-order valence-electron chi connectivity index (χ2n) is 6.85. The number of amides is 2. The number of methoxy groups -OCH3 is 1. The Hall–Kier alpha value is -3.22. The molecule has 2 aromatic rings. The third-order valence-electron chi connectivity index (χ3n) is 4.83. The Labute approximate surface area is 165 Å². The maximum atomic E-state index is 12.5. The Balaban J connectivity index is 1.56. The van der Waals surface area contributed by atoms with Gasteiger partial charge in [-0.1, -0.05) is 12.1 Å². The number of nitrogens with one attached hydrogen (secondary N) is 1. The van der Waals surface area contributed by atoms with E-state index in [1.165, 1.54) is 0 Å². The minimum absolute atomic E-state index is 0.490. The van der Waals surface area contributed by atoms with E-state index in [0.717, 1.165) is 17.1 Å². The van der Waals surface area contributed by atoms with Gasteiger partial charge in [-0.3, -0.25) is 9.59 Å². The summed E-state index contributed by atoms with van der Waals surface area (Å²) in [5.41, 5.74) is 2.64. The van der Waals surface area contributed by atoms with Crippen molar-refractivity contribution in [2.75, 3.05) is 62.5 Å². The number of benzene rings is 2. The molecule has 0 bridgehead atoms. The summed E-state index contributed by atoms with van der Waals surface area (Å²) in [4.78, 5) is 30.6. The molecule has 0 radical (unpaired) electrons. The summed E-state index contributed by atoms with van der Waals surface area (Å²) in [5, 5.41) is 2.68. The first-order valence-electron chi connectivity index (χ1n) is 9.25. The highest BCUT2D eigenvalue weighted by atomic mass is 16.5. The second kappa shape index (κ2) is 8.65. The van der Waals surface area contributed by atoms with Crippen LogP contribution in [0.4, 0.5) is 17.1 Å². The van der Waals surface area contributed by atoms with E-state index < -0.39 is 11.8 Å². The first-order chi connectivity index (χ1) is 13.5. The number of hydrogen-bond donors (Lipinski definition) is 1. The van der Waals surface area contributed by atoms with Gasteiger partial charge in [0.1, 0.15) is 5.75 Å². The van der Waals surface area contributed by atoms with Crippen LogP contribution in [0.3, 0.4) is 0 Å². The molecule has 1 fully saturated rings. The van der Waals surface area contributed by atoms with Gasteiger partial charge in [0.05, 0.1) is 12.8 Å². The van der Waals surface area contributed by atoms with Crippen LogP contribution >= 0.6 is 0 Å². The summed E-state index contributed by atoms with van der Waals surface area (Å²) < 4.78 is 5.41. The summed E-state index contributed by atoms with van der Waals surface area (Å²) in [6, 6.07) is 15.2. The molecule has 1 heterocycles. The van der Waals surface area contributed by atoms with Crippen molar-refractivity contribution in [3.63, 3.8) is 0 Å². The second-order valence-corrected chi connectivity index (χ2v) is 6.85. The molecule has 2 aromatic carbocycles. The summed E-state index contributed by atoms with van der Waals surface area (Å²) in [7, 11) is 5.54. The summed E-state index contributed by atoms with van der Waals surface area (Å²) >= 11 is 0. The van der Waals surface area contributed by atoms with Gasteiger partial charge < -0.3 is 24.8 Å². The van der Waals surface area contributed by atoms with Gasteiger partial charge in [0.25, 0.3) is 0 Å². The molecule has 0 aromatic heterocycles. The number of carbonyl (C=O) groups is 2. The van der Waals surface area contributed by atoms with E-state index >= 15 is 0 Å². The lowest BCUT2D eigenvalue weighted by Crippen LogP contribution is -2.51. The molecule has 0 saturated carbocycles. The average Bonchev–Trinajstić information content (AvgIpc) is 2.73. The van der Waals surface area contributed by atoms with Crippen molar-refractivity contribution in [3.8, 4) is 5.75 Å². The van der Waals surface area contributed by atoms with Crippen molar-refractivity contribution in [2.24, 2.45) is 0 Å². The fourth-order valence-electron chi connectivity index (χ4n) is 3.21. The van der Waals surface area contributed by atoms with Gasteiger partial charge >= 0.3 is 11.8 Å². The van der Waals surface area contributed by atoms with E-state index in [2.05, 4.69) is 10.2 Å². The molecule has 7 nitrogen and oxygen atoms in total.